The maximum absolute atomic E-state index is 9.71. The van der Waals surface area contributed by atoms with E-state index in [0.717, 1.165) is 0 Å². The third kappa shape index (κ3) is 5.01. The molecule has 0 fully saturated rings. The summed E-state index contributed by atoms with van der Waals surface area (Å²) in [6, 6.07) is 0. The summed E-state index contributed by atoms with van der Waals surface area (Å²) in [7, 11) is 0. The van der Waals surface area contributed by atoms with Gasteiger partial charge in [0.05, 0.1) is 0 Å². The first kappa shape index (κ1) is 6.01. The molecule has 0 spiro atoms. The van der Waals surface area contributed by atoms with E-state index in [1.165, 1.54) is 6.08 Å². The van der Waals surface area contributed by atoms with Gasteiger partial charge in [-0.2, -0.15) is 0 Å². The van der Waals surface area contributed by atoms with Gasteiger partial charge in [-0.15, -0.1) is 0 Å². The average molecular weight is 103 g/mol. The van der Waals surface area contributed by atoms with Gasteiger partial charge in [-0.3, -0.25) is 0 Å². The van der Waals surface area contributed by atoms with E-state index in [9.17, 15) is 4.79 Å². The van der Waals surface area contributed by atoms with Crippen LogP contribution in [0.25, 0.3) is 0 Å². The van der Waals surface area contributed by atoms with E-state index >= 15 is 0 Å². The summed E-state index contributed by atoms with van der Waals surface area (Å²) in [6.07, 6.45) is 0.685. The maximum atomic E-state index is 9.71. The third-order valence-corrected chi connectivity index (χ3v) is 0.343. The van der Waals surface area contributed by atoms with Gasteiger partial charge in [0.1, 0.15) is 6.61 Å². The lowest BCUT2D eigenvalue weighted by Crippen LogP contribution is -2.12. The zero-order chi connectivity index (χ0) is 5.70. The number of carbonyl (C=O) groups is 1. The molecule has 0 atom stereocenters. The van der Waals surface area contributed by atoms with Crippen molar-refractivity contribution in [1.29, 1.82) is 0 Å². The van der Waals surface area contributed by atoms with Crippen LogP contribution in [0.2, 0.25) is 0 Å². The lowest BCUT2D eigenvalue weighted by Gasteiger charge is -1.90. The number of amides is 1. The predicted octanol–water partition coefficient (Wildman–Crippen LogP) is 0.514. The molecule has 42 valence electrons. The molecule has 0 heterocycles. The van der Waals surface area contributed by atoms with Crippen LogP contribution in [0.1, 0.15) is 1.43 Å². The highest BCUT2D eigenvalue weighted by Gasteiger charge is 1.84. The topological polar surface area (TPSA) is 52.3 Å². The van der Waals surface area contributed by atoms with Crippen molar-refractivity contribution in [2.24, 2.45) is 5.73 Å². The highest BCUT2D eigenvalue weighted by atomic mass is 16.5. The monoisotopic (exact) mass is 103 g/mol. The molecule has 7 heavy (non-hydrogen) atoms. The normalized spacial score (nSPS) is 7.43. The Balaban J connectivity index is 0. The van der Waals surface area contributed by atoms with Crippen LogP contribution in [0.5, 0.6) is 0 Å². The van der Waals surface area contributed by atoms with Gasteiger partial charge in [-0.1, -0.05) is 12.7 Å². The van der Waals surface area contributed by atoms with Crippen LogP contribution < -0.4 is 5.73 Å². The summed E-state index contributed by atoms with van der Waals surface area (Å²) in [6.45, 7) is 3.49. The summed E-state index contributed by atoms with van der Waals surface area (Å²) in [4.78, 5) is 9.71. The van der Waals surface area contributed by atoms with E-state index in [-0.39, 0.29) is 8.03 Å². The number of hydrogen-bond acceptors (Lipinski definition) is 2. The summed E-state index contributed by atoms with van der Waals surface area (Å²) in [5, 5.41) is 0. The molecule has 0 aliphatic heterocycles. The number of nitrogens with two attached hydrogens (primary N) is 1. The first-order chi connectivity index (χ1) is 3.27. The second-order valence-electron chi connectivity index (χ2n) is 0.919. The number of rotatable bonds is 2. The lowest BCUT2D eigenvalue weighted by atomic mass is 10.7. The molecule has 0 unspecified atom stereocenters. The molecule has 2 N–H and O–H groups in total. The van der Waals surface area contributed by atoms with E-state index in [2.05, 4.69) is 17.0 Å². The quantitative estimate of drug-likeness (QED) is 0.518. The van der Waals surface area contributed by atoms with Gasteiger partial charge in [0.2, 0.25) is 0 Å². The average Bonchev–Trinajstić information content (AvgIpc) is 1.61. The van der Waals surface area contributed by atoms with E-state index < -0.39 is 6.09 Å². The Morgan fingerprint density at radius 2 is 2.71 bits per heavy atom. The summed E-state index contributed by atoms with van der Waals surface area (Å²) in [5.74, 6) is 0. The van der Waals surface area contributed by atoms with Gasteiger partial charge in [-0.25, -0.2) is 4.79 Å². The third-order valence-electron chi connectivity index (χ3n) is 0.343. The van der Waals surface area contributed by atoms with Gasteiger partial charge >= 0.3 is 6.09 Å². The van der Waals surface area contributed by atoms with Crippen LogP contribution in [0, 0.1) is 0 Å². The first-order valence-electron chi connectivity index (χ1n) is 1.80. The Labute approximate surface area is 43.2 Å². The molecule has 0 rings (SSSR count). The highest BCUT2D eigenvalue weighted by Crippen LogP contribution is 1.70. The fourth-order valence-corrected chi connectivity index (χ4v) is 0.141. The predicted molar refractivity (Wildman–Crippen MR) is 27.8 cm³/mol. The molecule has 0 aliphatic carbocycles. The standard InChI is InChI=1S/C4H7NO2.H2/c1-2-3-7-4(5)6;/h2H,1,3H2,(H2,5,6);1H. The number of carbonyl (C=O) groups excluding carboxylic acids is 1. The second-order valence-corrected chi connectivity index (χ2v) is 0.919. The molecular weight excluding hydrogens is 94.0 g/mol. The number of primary amides is 1. The van der Waals surface area contributed by atoms with Crippen molar-refractivity contribution in [1.82, 2.24) is 0 Å². The van der Waals surface area contributed by atoms with Crippen molar-refractivity contribution in [3.8, 4) is 0 Å². The number of ether oxygens (including phenoxy) is 1. The smallest absolute Gasteiger partial charge is 0.404 e. The second kappa shape index (κ2) is 3.21. The minimum Gasteiger partial charge on any atom is -0.445 e. The van der Waals surface area contributed by atoms with Crippen LogP contribution in [-0.4, -0.2) is 12.7 Å². The van der Waals surface area contributed by atoms with E-state index in [1.54, 1.807) is 0 Å². The van der Waals surface area contributed by atoms with Crippen LogP contribution >= 0.6 is 0 Å². The number of hydrogen-bond donors (Lipinski definition) is 1. The van der Waals surface area contributed by atoms with Gasteiger partial charge < -0.3 is 10.5 Å². The molecule has 0 radical (unpaired) electrons. The maximum Gasteiger partial charge on any atom is 0.404 e. The van der Waals surface area contributed by atoms with Gasteiger partial charge in [-0.05, 0) is 0 Å². The molecule has 0 aromatic heterocycles. The molecule has 0 saturated carbocycles. The highest BCUT2D eigenvalue weighted by molar-refractivity contribution is 5.64. The molecule has 0 bridgehead atoms. The Kier molecular flexibility index (Phi) is 2.76. The van der Waals surface area contributed by atoms with Gasteiger partial charge in [0.25, 0.3) is 0 Å². The van der Waals surface area contributed by atoms with Gasteiger partial charge in [0, 0.05) is 1.43 Å². The SMILES string of the molecule is C=CCOC(N)=O.[HH]. The summed E-state index contributed by atoms with van der Waals surface area (Å²) >= 11 is 0. The molecule has 3 heteroatoms. The van der Waals surface area contributed by atoms with Crippen molar-refractivity contribution >= 4 is 6.09 Å². The Morgan fingerprint density at radius 1 is 2.14 bits per heavy atom. The van der Waals surface area contributed by atoms with E-state index in [4.69, 9.17) is 0 Å². The summed E-state index contributed by atoms with van der Waals surface area (Å²) < 4.78 is 4.21. The van der Waals surface area contributed by atoms with Crippen LogP contribution in [0.3, 0.4) is 0 Å². The van der Waals surface area contributed by atoms with Crippen LogP contribution in [0.4, 0.5) is 4.79 Å². The Morgan fingerprint density at radius 3 is 2.86 bits per heavy atom. The van der Waals surface area contributed by atoms with Crippen LogP contribution in [0.15, 0.2) is 12.7 Å². The van der Waals surface area contributed by atoms with Crippen molar-refractivity contribution in [2.75, 3.05) is 6.61 Å². The minimum absolute atomic E-state index is 0. The first-order valence-corrected chi connectivity index (χ1v) is 1.80. The lowest BCUT2D eigenvalue weighted by molar-refractivity contribution is 0.169. The zero-order valence-corrected chi connectivity index (χ0v) is 3.89. The zero-order valence-electron chi connectivity index (χ0n) is 3.89. The van der Waals surface area contributed by atoms with Crippen molar-refractivity contribution in [3.63, 3.8) is 0 Å². The minimum atomic E-state index is -0.764. The van der Waals surface area contributed by atoms with Crippen molar-refractivity contribution in [3.05, 3.63) is 12.7 Å². The molecule has 0 aromatic rings. The van der Waals surface area contributed by atoms with Gasteiger partial charge in [0.15, 0.2) is 0 Å². The van der Waals surface area contributed by atoms with Crippen molar-refractivity contribution in [2.45, 2.75) is 0 Å². The van der Waals surface area contributed by atoms with Crippen molar-refractivity contribution < 1.29 is 11.0 Å². The van der Waals surface area contributed by atoms with E-state index in [1.807, 2.05) is 0 Å². The largest absolute Gasteiger partial charge is 0.445 e. The van der Waals surface area contributed by atoms with Crippen LogP contribution in [-0.2, 0) is 4.74 Å². The molecule has 0 aliphatic rings. The van der Waals surface area contributed by atoms with E-state index in [0.29, 0.717) is 0 Å². The fourth-order valence-electron chi connectivity index (χ4n) is 0.141. The molecule has 0 aromatic carbocycles. The Hall–Kier alpha value is -0.990. The molecule has 0 saturated heterocycles. The molecule has 1 amide bonds. The Bertz CT molecular complexity index is 84.1. The molecular formula is C4H9NO2. The fraction of sp³-hybridized carbons (Fsp3) is 0.250. The molecule has 3 nitrogen and oxygen atoms in total. The summed E-state index contributed by atoms with van der Waals surface area (Å²) in [5.41, 5.74) is 4.57.